The van der Waals surface area contributed by atoms with Crippen molar-refractivity contribution >= 4 is 33.7 Å². The molecule has 0 saturated heterocycles. The quantitative estimate of drug-likeness (QED) is 0.482. The lowest BCUT2D eigenvalue weighted by Gasteiger charge is -2.14. The number of nitrogens with one attached hydrogen (secondary N) is 1. The number of aryl methyl sites for hydroxylation is 2. The van der Waals surface area contributed by atoms with Gasteiger partial charge in [0.2, 0.25) is 0 Å². The third-order valence-corrected chi connectivity index (χ3v) is 6.49. The topological polar surface area (TPSA) is 106 Å². The molecule has 30 heavy (non-hydrogen) atoms. The van der Waals surface area contributed by atoms with Gasteiger partial charge in [0, 0.05) is 4.88 Å². The number of phenols is 1. The van der Waals surface area contributed by atoms with E-state index in [4.69, 9.17) is 4.74 Å². The second-order valence-corrected chi connectivity index (χ2v) is 8.27. The molecule has 3 aromatic rings. The third-order valence-electron chi connectivity index (χ3n) is 5.29. The summed E-state index contributed by atoms with van der Waals surface area (Å²) in [5.41, 5.74) is 4.01. The summed E-state index contributed by atoms with van der Waals surface area (Å²) < 4.78 is 6.41. The maximum Gasteiger partial charge on any atom is 0.263 e. The van der Waals surface area contributed by atoms with Crippen molar-refractivity contribution in [1.29, 1.82) is 0 Å². The molecular formula is C21H22N4O4S. The molecule has 1 aromatic carbocycles. The summed E-state index contributed by atoms with van der Waals surface area (Å²) in [6, 6.07) is 3.95. The van der Waals surface area contributed by atoms with Crippen molar-refractivity contribution in [3.8, 4) is 11.5 Å². The van der Waals surface area contributed by atoms with Crippen molar-refractivity contribution in [2.45, 2.75) is 38.6 Å². The second-order valence-electron chi connectivity index (χ2n) is 7.19. The Morgan fingerprint density at radius 3 is 3.00 bits per heavy atom. The van der Waals surface area contributed by atoms with Crippen molar-refractivity contribution in [2.24, 2.45) is 5.10 Å². The highest BCUT2D eigenvalue weighted by Crippen LogP contribution is 2.33. The van der Waals surface area contributed by atoms with E-state index in [2.05, 4.69) is 15.5 Å². The van der Waals surface area contributed by atoms with Gasteiger partial charge in [0.05, 0.1) is 25.0 Å². The van der Waals surface area contributed by atoms with Crippen molar-refractivity contribution < 1.29 is 14.6 Å². The van der Waals surface area contributed by atoms with Crippen LogP contribution >= 0.6 is 11.3 Å². The number of ether oxygens (including phenoxy) is 1. The van der Waals surface area contributed by atoms with Crippen molar-refractivity contribution in [3.05, 3.63) is 50.9 Å². The minimum atomic E-state index is -0.764. The van der Waals surface area contributed by atoms with Gasteiger partial charge in [-0.15, -0.1) is 11.3 Å². The fourth-order valence-electron chi connectivity index (χ4n) is 3.60. The standard InChI is InChI=1S/C21H22N4O4S/c1-12(19(27)24-23-10-13-7-8-15(26)16(9-13)29-2)25-11-22-20-18(21(25)28)14-5-3-4-6-17(14)30-20/h7-12,26H,3-6H2,1-2H3,(H,24,27)/b23-10+/t12-/m1/s1. The lowest BCUT2D eigenvalue weighted by molar-refractivity contribution is -0.123. The molecule has 9 heteroatoms. The van der Waals surface area contributed by atoms with Crippen molar-refractivity contribution in [1.82, 2.24) is 15.0 Å². The van der Waals surface area contributed by atoms with Gasteiger partial charge in [0.25, 0.3) is 11.5 Å². The van der Waals surface area contributed by atoms with E-state index < -0.39 is 11.9 Å². The number of methoxy groups -OCH3 is 1. The Morgan fingerprint density at radius 1 is 1.40 bits per heavy atom. The maximum atomic E-state index is 13.1. The van der Waals surface area contributed by atoms with Crippen LogP contribution in [0.1, 0.15) is 41.8 Å². The first-order valence-corrected chi connectivity index (χ1v) is 10.5. The van der Waals surface area contributed by atoms with Gasteiger partial charge >= 0.3 is 0 Å². The fraction of sp³-hybridized carbons (Fsp3) is 0.333. The normalized spacial score (nSPS) is 14.6. The molecular weight excluding hydrogens is 404 g/mol. The number of fused-ring (bicyclic) bond motifs is 3. The number of thiophene rings is 1. The van der Waals surface area contributed by atoms with E-state index in [-0.39, 0.29) is 11.3 Å². The molecule has 8 nitrogen and oxygen atoms in total. The Kier molecular flexibility index (Phi) is 5.54. The van der Waals surface area contributed by atoms with Crippen LogP contribution in [0.15, 0.2) is 34.4 Å². The first kappa shape index (κ1) is 20.1. The smallest absolute Gasteiger partial charge is 0.263 e. The molecule has 2 heterocycles. The molecule has 1 aliphatic rings. The zero-order chi connectivity index (χ0) is 21.3. The minimum absolute atomic E-state index is 0.0187. The van der Waals surface area contributed by atoms with Crippen LogP contribution in [0.25, 0.3) is 10.2 Å². The number of hydrogen-bond donors (Lipinski definition) is 2. The van der Waals surface area contributed by atoms with Crippen LogP contribution in [0.2, 0.25) is 0 Å². The van der Waals surface area contributed by atoms with Crippen LogP contribution in [0.3, 0.4) is 0 Å². The Hall–Kier alpha value is -3.20. The van der Waals surface area contributed by atoms with E-state index in [9.17, 15) is 14.7 Å². The molecule has 0 fully saturated rings. The second kappa shape index (κ2) is 8.27. The average Bonchev–Trinajstić information content (AvgIpc) is 3.14. The molecule has 1 amide bonds. The lowest BCUT2D eigenvalue weighted by Crippen LogP contribution is -2.34. The number of carbonyl (C=O) groups excluding carboxylic acids is 1. The summed E-state index contributed by atoms with van der Waals surface area (Å²) >= 11 is 1.58. The molecule has 0 bridgehead atoms. The third kappa shape index (κ3) is 3.68. The number of aromatic hydroxyl groups is 1. The number of benzene rings is 1. The molecule has 0 spiro atoms. The van der Waals surface area contributed by atoms with E-state index >= 15 is 0 Å². The van der Waals surface area contributed by atoms with Gasteiger partial charge in [0.15, 0.2) is 11.5 Å². The molecule has 156 valence electrons. The number of aromatic nitrogens is 2. The monoisotopic (exact) mass is 426 g/mol. The number of hydrogen-bond acceptors (Lipinski definition) is 7. The number of amides is 1. The van der Waals surface area contributed by atoms with Gasteiger partial charge in [-0.05, 0) is 61.9 Å². The Labute approximate surface area is 176 Å². The number of phenolic OH excluding ortho intramolecular Hbond substituents is 1. The SMILES string of the molecule is COc1cc(/C=N/NC(=O)[C@@H](C)n2cnc3sc4c(c3c2=O)CCCC4)ccc1O. The highest BCUT2D eigenvalue weighted by atomic mass is 32.1. The van der Waals surface area contributed by atoms with Gasteiger partial charge in [0.1, 0.15) is 10.9 Å². The first-order chi connectivity index (χ1) is 14.5. The van der Waals surface area contributed by atoms with Crippen LogP contribution in [0, 0.1) is 0 Å². The van der Waals surface area contributed by atoms with E-state index in [1.54, 1.807) is 30.4 Å². The van der Waals surface area contributed by atoms with Gasteiger partial charge in [-0.2, -0.15) is 5.10 Å². The summed E-state index contributed by atoms with van der Waals surface area (Å²) in [5, 5.41) is 14.2. The molecule has 0 aliphatic heterocycles. The van der Waals surface area contributed by atoms with E-state index in [0.717, 1.165) is 36.1 Å². The summed E-state index contributed by atoms with van der Waals surface area (Å²) in [5.74, 6) is -0.0989. The predicted molar refractivity (Wildman–Crippen MR) is 116 cm³/mol. The summed E-state index contributed by atoms with van der Waals surface area (Å²) in [6.45, 7) is 1.64. The number of hydrazone groups is 1. The Morgan fingerprint density at radius 2 is 2.20 bits per heavy atom. The minimum Gasteiger partial charge on any atom is -0.504 e. The highest BCUT2D eigenvalue weighted by molar-refractivity contribution is 7.18. The van der Waals surface area contributed by atoms with Crippen LogP contribution in [-0.4, -0.2) is 33.9 Å². The van der Waals surface area contributed by atoms with E-state index in [0.29, 0.717) is 16.7 Å². The number of carbonyl (C=O) groups is 1. The van der Waals surface area contributed by atoms with Gasteiger partial charge in [-0.3, -0.25) is 14.2 Å². The Balaban J connectivity index is 1.53. The zero-order valence-corrected chi connectivity index (χ0v) is 17.5. The van der Waals surface area contributed by atoms with E-state index in [1.165, 1.54) is 35.2 Å². The first-order valence-electron chi connectivity index (χ1n) is 9.71. The van der Waals surface area contributed by atoms with Crippen LogP contribution < -0.4 is 15.7 Å². The Bertz CT molecular complexity index is 1200. The molecule has 1 aliphatic carbocycles. The van der Waals surface area contributed by atoms with Crippen LogP contribution in [-0.2, 0) is 17.6 Å². The van der Waals surface area contributed by atoms with Gasteiger partial charge in [-0.1, -0.05) is 0 Å². The fourth-order valence-corrected chi connectivity index (χ4v) is 4.82. The van der Waals surface area contributed by atoms with Crippen LogP contribution in [0.4, 0.5) is 0 Å². The average molecular weight is 426 g/mol. The van der Waals surface area contributed by atoms with E-state index in [1.807, 2.05) is 0 Å². The van der Waals surface area contributed by atoms with Gasteiger partial charge in [-0.25, -0.2) is 10.4 Å². The molecule has 0 radical (unpaired) electrons. The van der Waals surface area contributed by atoms with Gasteiger partial charge < -0.3 is 9.84 Å². The predicted octanol–water partition coefficient (Wildman–Crippen LogP) is 2.76. The highest BCUT2D eigenvalue weighted by Gasteiger charge is 2.23. The summed E-state index contributed by atoms with van der Waals surface area (Å²) in [4.78, 5) is 32.0. The molecule has 0 unspecified atom stereocenters. The van der Waals surface area contributed by atoms with Crippen molar-refractivity contribution in [2.75, 3.05) is 7.11 Å². The molecule has 0 saturated carbocycles. The number of rotatable bonds is 5. The largest absolute Gasteiger partial charge is 0.504 e. The summed E-state index contributed by atoms with van der Waals surface area (Å²) in [7, 11) is 1.45. The molecule has 2 N–H and O–H groups in total. The number of nitrogens with zero attached hydrogens (tertiary/aromatic N) is 3. The summed E-state index contributed by atoms with van der Waals surface area (Å²) in [6.07, 6.45) is 6.95. The molecule has 1 atom stereocenters. The lowest BCUT2D eigenvalue weighted by atomic mass is 9.97. The molecule has 2 aromatic heterocycles. The maximum absolute atomic E-state index is 13.1. The molecule has 4 rings (SSSR count). The van der Waals surface area contributed by atoms with Crippen LogP contribution in [0.5, 0.6) is 11.5 Å². The zero-order valence-electron chi connectivity index (χ0n) is 16.7. The van der Waals surface area contributed by atoms with Crippen molar-refractivity contribution in [3.63, 3.8) is 0 Å².